The SMILES string of the molecule is COc1ccc(OC)c(NC(N)=NCC2CCN(C)C2)c1. The lowest BCUT2D eigenvalue weighted by atomic mass is 10.1. The molecule has 21 heavy (non-hydrogen) atoms. The molecule has 1 aromatic rings. The molecule has 1 unspecified atom stereocenters. The predicted molar refractivity (Wildman–Crippen MR) is 85.3 cm³/mol. The van der Waals surface area contributed by atoms with E-state index in [0.717, 1.165) is 31.1 Å². The number of nitrogens with two attached hydrogens (primary N) is 1. The van der Waals surface area contributed by atoms with E-state index < -0.39 is 0 Å². The fraction of sp³-hybridized carbons (Fsp3) is 0.533. The van der Waals surface area contributed by atoms with E-state index >= 15 is 0 Å². The van der Waals surface area contributed by atoms with Crippen LogP contribution in [-0.4, -0.2) is 51.8 Å². The minimum Gasteiger partial charge on any atom is -0.497 e. The number of guanidine groups is 1. The highest BCUT2D eigenvalue weighted by molar-refractivity contribution is 5.94. The normalized spacial score (nSPS) is 19.6. The Labute approximate surface area is 125 Å². The zero-order valence-electron chi connectivity index (χ0n) is 12.9. The molecule has 2 rings (SSSR count). The van der Waals surface area contributed by atoms with Crippen molar-refractivity contribution in [2.45, 2.75) is 6.42 Å². The van der Waals surface area contributed by atoms with Crippen LogP contribution in [0, 0.1) is 5.92 Å². The van der Waals surface area contributed by atoms with Gasteiger partial charge in [-0.1, -0.05) is 0 Å². The second kappa shape index (κ2) is 7.17. The summed E-state index contributed by atoms with van der Waals surface area (Å²) >= 11 is 0. The van der Waals surface area contributed by atoms with Crippen LogP contribution in [0.1, 0.15) is 6.42 Å². The molecule has 0 saturated carbocycles. The third-order valence-electron chi connectivity index (χ3n) is 3.68. The van der Waals surface area contributed by atoms with E-state index in [-0.39, 0.29) is 0 Å². The summed E-state index contributed by atoms with van der Waals surface area (Å²) in [7, 11) is 5.38. The second-order valence-electron chi connectivity index (χ2n) is 5.33. The number of anilines is 1. The molecule has 0 radical (unpaired) electrons. The summed E-state index contributed by atoms with van der Waals surface area (Å²) in [6.45, 7) is 2.96. The number of rotatable bonds is 5. The number of hydrogen-bond donors (Lipinski definition) is 2. The molecule has 6 nitrogen and oxygen atoms in total. The number of ether oxygens (including phenoxy) is 2. The number of nitrogens with one attached hydrogen (secondary N) is 1. The van der Waals surface area contributed by atoms with Gasteiger partial charge < -0.3 is 25.4 Å². The van der Waals surface area contributed by atoms with Gasteiger partial charge in [-0.05, 0) is 38.1 Å². The highest BCUT2D eigenvalue weighted by atomic mass is 16.5. The van der Waals surface area contributed by atoms with Crippen molar-refractivity contribution >= 4 is 11.6 Å². The van der Waals surface area contributed by atoms with Crippen molar-refractivity contribution in [2.75, 3.05) is 46.2 Å². The molecule has 1 aliphatic heterocycles. The molecule has 1 heterocycles. The molecule has 0 aliphatic carbocycles. The number of methoxy groups -OCH3 is 2. The van der Waals surface area contributed by atoms with Crippen molar-refractivity contribution < 1.29 is 9.47 Å². The Morgan fingerprint density at radius 3 is 2.86 bits per heavy atom. The van der Waals surface area contributed by atoms with E-state index in [0.29, 0.717) is 17.6 Å². The topological polar surface area (TPSA) is 72.1 Å². The van der Waals surface area contributed by atoms with Crippen molar-refractivity contribution in [3.63, 3.8) is 0 Å². The molecule has 116 valence electrons. The molecule has 1 aromatic carbocycles. The molecule has 1 aliphatic rings. The maximum absolute atomic E-state index is 5.96. The first-order valence-electron chi connectivity index (χ1n) is 7.10. The lowest BCUT2D eigenvalue weighted by Gasteiger charge is -2.13. The van der Waals surface area contributed by atoms with E-state index in [1.165, 1.54) is 6.42 Å². The molecule has 6 heteroatoms. The van der Waals surface area contributed by atoms with Gasteiger partial charge in [0.05, 0.1) is 19.9 Å². The second-order valence-corrected chi connectivity index (χ2v) is 5.33. The first-order chi connectivity index (χ1) is 10.1. The standard InChI is InChI=1S/C15H24N4O2/c1-19-7-6-11(10-19)9-17-15(16)18-13-8-12(20-2)4-5-14(13)21-3/h4-5,8,11H,6-7,9-10H2,1-3H3,(H3,16,17,18). The van der Waals surface area contributed by atoms with Gasteiger partial charge in [0.2, 0.25) is 0 Å². The maximum Gasteiger partial charge on any atom is 0.193 e. The molecule has 0 spiro atoms. The zero-order chi connectivity index (χ0) is 15.2. The quantitative estimate of drug-likeness (QED) is 0.634. The van der Waals surface area contributed by atoms with Crippen molar-refractivity contribution in [3.05, 3.63) is 18.2 Å². The largest absolute Gasteiger partial charge is 0.497 e. The van der Waals surface area contributed by atoms with Gasteiger partial charge in [-0.2, -0.15) is 0 Å². The maximum atomic E-state index is 5.96. The molecule has 0 amide bonds. The fourth-order valence-corrected chi connectivity index (χ4v) is 2.49. The number of hydrogen-bond acceptors (Lipinski definition) is 4. The first kappa shape index (κ1) is 15.4. The van der Waals surface area contributed by atoms with Crippen LogP contribution in [0.4, 0.5) is 5.69 Å². The summed E-state index contributed by atoms with van der Waals surface area (Å²) in [5.74, 6) is 2.43. The van der Waals surface area contributed by atoms with Gasteiger partial charge in [-0.15, -0.1) is 0 Å². The number of aliphatic imine (C=N–C) groups is 1. The molecule has 1 saturated heterocycles. The van der Waals surface area contributed by atoms with Crippen LogP contribution in [0.25, 0.3) is 0 Å². The van der Waals surface area contributed by atoms with Crippen LogP contribution in [0.2, 0.25) is 0 Å². The highest BCUT2D eigenvalue weighted by Gasteiger charge is 2.18. The molecule has 1 fully saturated rings. The first-order valence-corrected chi connectivity index (χ1v) is 7.10. The van der Waals surface area contributed by atoms with Crippen LogP contribution in [0.3, 0.4) is 0 Å². The van der Waals surface area contributed by atoms with E-state index in [1.807, 2.05) is 18.2 Å². The Bertz CT molecular complexity index is 504. The third kappa shape index (κ3) is 4.26. The van der Waals surface area contributed by atoms with Gasteiger partial charge in [0, 0.05) is 19.2 Å². The van der Waals surface area contributed by atoms with Crippen molar-refractivity contribution in [1.82, 2.24) is 4.90 Å². The molecular formula is C15H24N4O2. The predicted octanol–water partition coefficient (Wildman–Crippen LogP) is 1.38. The molecule has 1 atom stereocenters. The minimum atomic E-state index is 0.399. The highest BCUT2D eigenvalue weighted by Crippen LogP contribution is 2.28. The Morgan fingerprint density at radius 1 is 1.43 bits per heavy atom. The van der Waals surface area contributed by atoms with E-state index in [9.17, 15) is 0 Å². The van der Waals surface area contributed by atoms with Crippen molar-refractivity contribution in [3.8, 4) is 11.5 Å². The van der Waals surface area contributed by atoms with Gasteiger partial charge in [-0.25, -0.2) is 0 Å². The summed E-state index contributed by atoms with van der Waals surface area (Å²) in [6.07, 6.45) is 1.18. The summed E-state index contributed by atoms with van der Waals surface area (Å²) in [5, 5.41) is 3.08. The van der Waals surface area contributed by atoms with Crippen LogP contribution in [0.15, 0.2) is 23.2 Å². The van der Waals surface area contributed by atoms with Crippen molar-refractivity contribution in [2.24, 2.45) is 16.6 Å². The van der Waals surface area contributed by atoms with Crippen LogP contribution in [0.5, 0.6) is 11.5 Å². The van der Waals surface area contributed by atoms with Crippen molar-refractivity contribution in [1.29, 1.82) is 0 Å². The average molecular weight is 292 g/mol. The summed E-state index contributed by atoms with van der Waals surface area (Å²) in [6, 6.07) is 5.51. The Kier molecular flexibility index (Phi) is 5.27. The van der Waals surface area contributed by atoms with Crippen LogP contribution >= 0.6 is 0 Å². The van der Waals surface area contributed by atoms with E-state index in [1.54, 1.807) is 14.2 Å². The minimum absolute atomic E-state index is 0.399. The van der Waals surface area contributed by atoms with Gasteiger partial charge in [0.25, 0.3) is 0 Å². The summed E-state index contributed by atoms with van der Waals surface area (Å²) in [5.41, 5.74) is 6.71. The van der Waals surface area contributed by atoms with Gasteiger partial charge in [-0.3, -0.25) is 4.99 Å². The fourth-order valence-electron chi connectivity index (χ4n) is 2.49. The number of benzene rings is 1. The van der Waals surface area contributed by atoms with Gasteiger partial charge in [0.1, 0.15) is 11.5 Å². The monoisotopic (exact) mass is 292 g/mol. The zero-order valence-corrected chi connectivity index (χ0v) is 12.9. The van der Waals surface area contributed by atoms with Gasteiger partial charge >= 0.3 is 0 Å². The van der Waals surface area contributed by atoms with E-state index in [4.69, 9.17) is 15.2 Å². The van der Waals surface area contributed by atoms with E-state index in [2.05, 4.69) is 22.3 Å². The third-order valence-corrected chi connectivity index (χ3v) is 3.68. The number of likely N-dealkylation sites (tertiary alicyclic amines) is 1. The summed E-state index contributed by atoms with van der Waals surface area (Å²) in [4.78, 5) is 6.74. The Hall–Kier alpha value is -1.95. The average Bonchev–Trinajstić information content (AvgIpc) is 2.90. The van der Waals surface area contributed by atoms with Crippen LogP contribution < -0.4 is 20.5 Å². The summed E-state index contributed by atoms with van der Waals surface area (Å²) < 4.78 is 10.5. The smallest absolute Gasteiger partial charge is 0.193 e. The molecule has 0 aromatic heterocycles. The Morgan fingerprint density at radius 2 is 2.24 bits per heavy atom. The Balaban J connectivity index is 1.99. The molecular weight excluding hydrogens is 268 g/mol. The number of nitrogens with zero attached hydrogens (tertiary/aromatic N) is 2. The lowest BCUT2D eigenvalue weighted by molar-refractivity contribution is 0.397. The molecule has 0 bridgehead atoms. The van der Waals surface area contributed by atoms with Gasteiger partial charge in [0.15, 0.2) is 5.96 Å². The van der Waals surface area contributed by atoms with Crippen LogP contribution in [-0.2, 0) is 0 Å². The molecule has 3 N–H and O–H groups in total. The lowest BCUT2D eigenvalue weighted by Crippen LogP contribution is -2.24.